The first-order valence-electron chi connectivity index (χ1n) is 10.8. The first-order chi connectivity index (χ1) is 15.6. The van der Waals surface area contributed by atoms with E-state index in [0.717, 1.165) is 31.6 Å². The van der Waals surface area contributed by atoms with Crippen molar-refractivity contribution < 1.29 is 14.0 Å². The van der Waals surface area contributed by atoms with Crippen LogP contribution in [0.3, 0.4) is 0 Å². The Morgan fingerprint density at radius 2 is 1.62 bits per heavy atom. The number of halogens is 1. The lowest BCUT2D eigenvalue weighted by atomic mass is 9.89. The number of amides is 1. The molecule has 0 radical (unpaired) electrons. The second kappa shape index (κ2) is 10.2. The standard InChI is InChI=1S/C25H25FN4O2/c26-22-7-5-19(6-8-22)24(31)20-9-13-29(14-10-20)15-16-30(23-4-2-12-28-18-23)25(32)21-3-1-11-27-17-21/h1-8,11-12,17-18,20H,9-10,13-16H2. The van der Waals surface area contributed by atoms with E-state index in [9.17, 15) is 14.0 Å². The number of likely N-dealkylation sites (tertiary alicyclic amines) is 1. The fourth-order valence-electron chi connectivity index (χ4n) is 4.02. The second-order valence-corrected chi connectivity index (χ2v) is 7.90. The first kappa shape index (κ1) is 21.8. The highest BCUT2D eigenvalue weighted by Gasteiger charge is 2.27. The van der Waals surface area contributed by atoms with Crippen LogP contribution in [0, 0.1) is 11.7 Å². The van der Waals surface area contributed by atoms with E-state index in [2.05, 4.69) is 14.9 Å². The van der Waals surface area contributed by atoms with Gasteiger partial charge in [0.25, 0.3) is 5.91 Å². The minimum absolute atomic E-state index is 0.0526. The van der Waals surface area contributed by atoms with E-state index in [1.165, 1.54) is 12.1 Å². The van der Waals surface area contributed by atoms with E-state index in [0.29, 0.717) is 24.2 Å². The summed E-state index contributed by atoms with van der Waals surface area (Å²) in [5, 5.41) is 0. The summed E-state index contributed by atoms with van der Waals surface area (Å²) >= 11 is 0. The Kier molecular flexibility index (Phi) is 6.97. The molecule has 6 nitrogen and oxygen atoms in total. The highest BCUT2D eigenvalue weighted by atomic mass is 19.1. The highest BCUT2D eigenvalue weighted by molar-refractivity contribution is 6.05. The normalized spacial score (nSPS) is 14.8. The molecule has 3 heterocycles. The highest BCUT2D eigenvalue weighted by Crippen LogP contribution is 2.23. The van der Waals surface area contributed by atoms with Crippen molar-refractivity contribution in [3.63, 3.8) is 0 Å². The molecule has 164 valence electrons. The van der Waals surface area contributed by atoms with Crippen LogP contribution in [0.4, 0.5) is 10.1 Å². The van der Waals surface area contributed by atoms with Crippen LogP contribution in [0.1, 0.15) is 33.6 Å². The molecule has 7 heteroatoms. The quantitative estimate of drug-likeness (QED) is 0.531. The van der Waals surface area contributed by atoms with Gasteiger partial charge in [0.2, 0.25) is 0 Å². The zero-order valence-electron chi connectivity index (χ0n) is 17.7. The molecule has 3 aromatic rings. The number of hydrogen-bond acceptors (Lipinski definition) is 5. The smallest absolute Gasteiger partial charge is 0.259 e. The van der Waals surface area contributed by atoms with Gasteiger partial charge in [-0.2, -0.15) is 0 Å². The molecule has 0 spiro atoms. The zero-order chi connectivity index (χ0) is 22.3. The average Bonchev–Trinajstić information content (AvgIpc) is 2.86. The minimum Gasteiger partial charge on any atom is -0.305 e. The first-order valence-corrected chi connectivity index (χ1v) is 10.8. The summed E-state index contributed by atoms with van der Waals surface area (Å²) in [6.07, 6.45) is 8.07. The van der Waals surface area contributed by atoms with Gasteiger partial charge in [0.05, 0.1) is 17.4 Å². The zero-order valence-corrected chi connectivity index (χ0v) is 17.7. The Morgan fingerprint density at radius 1 is 0.938 bits per heavy atom. The fraction of sp³-hybridized carbons (Fsp3) is 0.280. The van der Waals surface area contributed by atoms with Gasteiger partial charge in [-0.25, -0.2) is 4.39 Å². The van der Waals surface area contributed by atoms with Crippen molar-refractivity contribution in [2.45, 2.75) is 12.8 Å². The summed E-state index contributed by atoms with van der Waals surface area (Å²) in [6, 6.07) is 13.0. The molecule has 0 N–H and O–H groups in total. The number of carbonyl (C=O) groups is 2. The van der Waals surface area contributed by atoms with Crippen LogP contribution in [-0.4, -0.2) is 52.7 Å². The summed E-state index contributed by atoms with van der Waals surface area (Å²) in [5.41, 5.74) is 1.83. The number of rotatable bonds is 7. The fourth-order valence-corrected chi connectivity index (χ4v) is 4.02. The number of aromatic nitrogens is 2. The SMILES string of the molecule is O=C(c1ccc(F)cc1)C1CCN(CCN(C(=O)c2cccnc2)c2cccnc2)CC1. The number of Topliss-reactive ketones (excluding diaryl/α,β-unsaturated/α-hetero) is 1. The van der Waals surface area contributed by atoms with Crippen LogP contribution in [0.5, 0.6) is 0 Å². The summed E-state index contributed by atoms with van der Waals surface area (Å²) in [4.78, 5) is 38.0. The monoisotopic (exact) mass is 432 g/mol. The van der Waals surface area contributed by atoms with Gasteiger partial charge in [-0.15, -0.1) is 0 Å². The lowest BCUT2D eigenvalue weighted by Gasteiger charge is -2.33. The van der Waals surface area contributed by atoms with Gasteiger partial charge in [-0.05, 0) is 74.5 Å². The molecule has 0 unspecified atom stereocenters. The maximum absolute atomic E-state index is 13.1. The average molecular weight is 432 g/mol. The van der Waals surface area contributed by atoms with Crippen LogP contribution < -0.4 is 4.90 Å². The Bertz CT molecular complexity index is 1040. The third kappa shape index (κ3) is 5.23. The molecule has 1 aliphatic rings. The molecule has 1 aromatic carbocycles. The molecule has 4 rings (SSSR count). The number of carbonyl (C=O) groups excluding carboxylic acids is 2. The largest absolute Gasteiger partial charge is 0.305 e. The third-order valence-corrected chi connectivity index (χ3v) is 5.84. The van der Waals surface area contributed by atoms with Gasteiger partial charge in [-0.3, -0.25) is 19.6 Å². The molecule has 0 atom stereocenters. The van der Waals surface area contributed by atoms with Crippen molar-refractivity contribution in [3.8, 4) is 0 Å². The Hall–Kier alpha value is -3.45. The predicted octanol–water partition coefficient (Wildman–Crippen LogP) is 3.86. The van der Waals surface area contributed by atoms with E-state index < -0.39 is 0 Å². The molecule has 1 saturated heterocycles. The van der Waals surface area contributed by atoms with Crippen molar-refractivity contribution in [2.75, 3.05) is 31.1 Å². The number of hydrogen-bond donors (Lipinski definition) is 0. The van der Waals surface area contributed by atoms with E-state index in [-0.39, 0.29) is 23.4 Å². The topological polar surface area (TPSA) is 66.4 Å². The predicted molar refractivity (Wildman–Crippen MR) is 120 cm³/mol. The number of piperidine rings is 1. The Morgan fingerprint density at radius 3 is 2.25 bits per heavy atom. The van der Waals surface area contributed by atoms with Crippen molar-refractivity contribution in [2.24, 2.45) is 5.92 Å². The molecule has 0 aliphatic carbocycles. The van der Waals surface area contributed by atoms with E-state index >= 15 is 0 Å². The minimum atomic E-state index is -0.338. The molecule has 0 bridgehead atoms. The molecular weight excluding hydrogens is 407 g/mol. The number of benzene rings is 1. The molecule has 1 aliphatic heterocycles. The molecule has 1 amide bonds. The van der Waals surface area contributed by atoms with Crippen LogP contribution >= 0.6 is 0 Å². The molecule has 1 fully saturated rings. The van der Waals surface area contributed by atoms with Crippen molar-refractivity contribution >= 4 is 17.4 Å². The van der Waals surface area contributed by atoms with E-state index in [1.54, 1.807) is 54.0 Å². The third-order valence-electron chi connectivity index (χ3n) is 5.84. The lowest BCUT2D eigenvalue weighted by Crippen LogP contribution is -2.43. The van der Waals surface area contributed by atoms with E-state index in [1.807, 2.05) is 12.1 Å². The van der Waals surface area contributed by atoms with Gasteiger partial charge < -0.3 is 9.80 Å². The van der Waals surface area contributed by atoms with Crippen LogP contribution in [-0.2, 0) is 0 Å². The molecule has 32 heavy (non-hydrogen) atoms. The van der Waals surface area contributed by atoms with Gasteiger partial charge >= 0.3 is 0 Å². The summed E-state index contributed by atoms with van der Waals surface area (Å²) in [6.45, 7) is 2.76. The van der Waals surface area contributed by atoms with Crippen LogP contribution in [0.25, 0.3) is 0 Å². The lowest BCUT2D eigenvalue weighted by molar-refractivity contribution is 0.0841. The van der Waals surface area contributed by atoms with E-state index in [4.69, 9.17) is 0 Å². The second-order valence-electron chi connectivity index (χ2n) is 7.90. The van der Waals surface area contributed by atoms with Crippen molar-refractivity contribution in [1.82, 2.24) is 14.9 Å². The number of pyridine rings is 2. The summed E-state index contributed by atoms with van der Waals surface area (Å²) in [7, 11) is 0. The molecule has 0 saturated carbocycles. The summed E-state index contributed by atoms with van der Waals surface area (Å²) < 4.78 is 13.1. The van der Waals surface area contributed by atoms with Gasteiger partial charge in [0, 0.05) is 43.2 Å². The van der Waals surface area contributed by atoms with Crippen LogP contribution in [0.15, 0.2) is 73.3 Å². The van der Waals surface area contributed by atoms with Crippen LogP contribution in [0.2, 0.25) is 0 Å². The van der Waals surface area contributed by atoms with Crippen molar-refractivity contribution in [1.29, 1.82) is 0 Å². The number of anilines is 1. The molecular formula is C25H25FN4O2. The number of nitrogens with zero attached hydrogens (tertiary/aromatic N) is 4. The molecule has 2 aromatic heterocycles. The van der Waals surface area contributed by atoms with Crippen molar-refractivity contribution in [3.05, 3.63) is 90.3 Å². The maximum Gasteiger partial charge on any atom is 0.259 e. The summed E-state index contributed by atoms with van der Waals surface area (Å²) in [5.74, 6) is -0.431. The van der Waals surface area contributed by atoms with Gasteiger partial charge in [0.15, 0.2) is 5.78 Å². The Balaban J connectivity index is 1.36. The van der Waals surface area contributed by atoms with Gasteiger partial charge in [0.1, 0.15) is 5.82 Å². The van der Waals surface area contributed by atoms with Gasteiger partial charge in [-0.1, -0.05) is 0 Å². The Labute approximate surface area is 186 Å². The maximum atomic E-state index is 13.1. The number of ketones is 1.